The van der Waals surface area contributed by atoms with Crippen molar-refractivity contribution in [2.75, 3.05) is 0 Å². The molecule has 8 aromatic rings. The Hall–Kier alpha value is -5.22. The van der Waals surface area contributed by atoms with Crippen LogP contribution in [0.2, 0.25) is 0 Å². The number of benzene rings is 4. The largest absolute Gasteiger partial charge is 0.486 e. The van der Waals surface area contributed by atoms with Crippen molar-refractivity contribution in [3.05, 3.63) is 173 Å². The summed E-state index contributed by atoms with van der Waals surface area (Å²) in [6.07, 6.45) is 4.63. The summed E-state index contributed by atoms with van der Waals surface area (Å²) in [5.41, 5.74) is 16.0. The van der Waals surface area contributed by atoms with E-state index in [0.717, 1.165) is 56.5 Å². The van der Waals surface area contributed by atoms with Crippen molar-refractivity contribution in [2.24, 2.45) is 0 Å². The molecule has 4 aromatic heterocycles. The van der Waals surface area contributed by atoms with Crippen molar-refractivity contribution in [1.82, 2.24) is 15.0 Å². The molecule has 0 atom stereocenters. The van der Waals surface area contributed by atoms with Crippen molar-refractivity contribution >= 4 is 22.1 Å². The molecule has 0 unspecified atom stereocenters. The van der Waals surface area contributed by atoms with E-state index in [0.29, 0.717) is 5.71 Å². The molecular formula is C45H37IrN3O-2. The van der Waals surface area contributed by atoms with Crippen molar-refractivity contribution in [3.8, 4) is 33.6 Å². The number of hydrogen-bond acceptors (Lipinski definition) is 4. The summed E-state index contributed by atoms with van der Waals surface area (Å²) < 4.78 is 6.34. The van der Waals surface area contributed by atoms with Crippen LogP contribution in [0, 0.1) is 46.8 Å². The predicted molar refractivity (Wildman–Crippen MR) is 200 cm³/mol. The smallest absolute Gasteiger partial charge is 0.216 e. The van der Waals surface area contributed by atoms with Gasteiger partial charge in [0.1, 0.15) is 0 Å². The molecule has 4 heterocycles. The number of fused-ring (bicyclic) bond motifs is 3. The predicted octanol–water partition coefficient (Wildman–Crippen LogP) is 11.2. The second kappa shape index (κ2) is 15.1. The number of furan rings is 1. The topological polar surface area (TPSA) is 51.8 Å². The summed E-state index contributed by atoms with van der Waals surface area (Å²) >= 11 is 0. The normalized spacial score (nSPS) is 10.8. The first kappa shape index (κ1) is 34.6. The molecule has 1 radical (unpaired) electrons. The standard InChI is InChI=1S/C33H27N2O.C12H10N.Ir/c1-20-15-22(3)31(23(4)16-20)29-19-34-30(17-21(29)2)28-12-8-11-26-27-14-13-25(35-33(27)36-32(26)28)18-24-9-6-5-7-10-24;1-10-7-8-12(13-9-10)11-5-3-2-4-6-11;/h5-11,13-17,19H,18H2,1-4H3;2-5,7-9H,1H3;/q2*-1;. The molecule has 0 bridgehead atoms. The fourth-order valence-electron chi connectivity index (χ4n) is 6.49. The minimum Gasteiger partial charge on any atom is -0.486 e. The molecule has 0 aliphatic carbocycles. The van der Waals surface area contributed by atoms with Crippen molar-refractivity contribution < 1.29 is 24.5 Å². The summed E-state index contributed by atoms with van der Waals surface area (Å²) in [6, 6.07) is 43.6. The van der Waals surface area contributed by atoms with E-state index >= 15 is 0 Å². The van der Waals surface area contributed by atoms with Crippen molar-refractivity contribution in [2.45, 2.75) is 41.0 Å². The maximum atomic E-state index is 6.34. The summed E-state index contributed by atoms with van der Waals surface area (Å²) in [4.78, 5) is 14.0. The molecule has 0 spiro atoms. The van der Waals surface area contributed by atoms with E-state index < -0.39 is 0 Å². The first-order chi connectivity index (χ1) is 23.8. The molecular weight excluding hydrogens is 791 g/mol. The Morgan fingerprint density at radius 2 is 1.38 bits per heavy atom. The number of aryl methyl sites for hydroxylation is 5. The van der Waals surface area contributed by atoms with E-state index in [-0.39, 0.29) is 20.1 Å². The average Bonchev–Trinajstić information content (AvgIpc) is 3.48. The number of nitrogens with zero attached hydrogens (tertiary/aromatic N) is 3. The summed E-state index contributed by atoms with van der Waals surface area (Å²) in [7, 11) is 0. The van der Waals surface area contributed by atoms with E-state index in [1.165, 1.54) is 38.9 Å². The Kier molecular flexibility index (Phi) is 10.5. The van der Waals surface area contributed by atoms with Gasteiger partial charge in [-0.15, -0.1) is 54.1 Å². The van der Waals surface area contributed by atoms with E-state index in [1.807, 2.05) is 67.8 Å². The van der Waals surface area contributed by atoms with Gasteiger partial charge < -0.3 is 14.4 Å². The summed E-state index contributed by atoms with van der Waals surface area (Å²) in [5, 5.41) is 2.04. The van der Waals surface area contributed by atoms with Crippen LogP contribution in [0.3, 0.4) is 0 Å². The third-order valence-electron chi connectivity index (χ3n) is 8.79. The quantitative estimate of drug-likeness (QED) is 0.162. The first-order valence-corrected chi connectivity index (χ1v) is 16.6. The van der Waals surface area contributed by atoms with E-state index in [9.17, 15) is 0 Å². The van der Waals surface area contributed by atoms with Crippen LogP contribution in [0.1, 0.15) is 39.1 Å². The van der Waals surface area contributed by atoms with Crippen molar-refractivity contribution in [1.29, 1.82) is 0 Å². The van der Waals surface area contributed by atoms with Crippen LogP contribution in [0.25, 0.3) is 55.7 Å². The molecule has 4 nitrogen and oxygen atoms in total. The van der Waals surface area contributed by atoms with Gasteiger partial charge in [-0.25, -0.2) is 4.98 Å². The van der Waals surface area contributed by atoms with E-state index in [2.05, 4.69) is 105 Å². The van der Waals surface area contributed by atoms with Gasteiger partial charge in [0, 0.05) is 55.6 Å². The summed E-state index contributed by atoms with van der Waals surface area (Å²) in [5.74, 6) is 0. The second-order valence-corrected chi connectivity index (χ2v) is 12.7. The van der Waals surface area contributed by atoms with Crippen molar-refractivity contribution in [3.63, 3.8) is 0 Å². The van der Waals surface area contributed by atoms with Crippen LogP contribution >= 0.6 is 0 Å². The molecule has 0 saturated carbocycles. The van der Waals surface area contributed by atoms with Gasteiger partial charge in [0.25, 0.3) is 0 Å². The maximum absolute atomic E-state index is 6.34. The minimum atomic E-state index is 0. The van der Waals surface area contributed by atoms with Crippen LogP contribution < -0.4 is 0 Å². The monoisotopic (exact) mass is 828 g/mol. The van der Waals surface area contributed by atoms with Gasteiger partial charge in [0.15, 0.2) is 0 Å². The van der Waals surface area contributed by atoms with Crippen LogP contribution in [-0.4, -0.2) is 15.0 Å². The maximum Gasteiger partial charge on any atom is 0.216 e. The van der Waals surface area contributed by atoms with Crippen LogP contribution in [0.5, 0.6) is 0 Å². The average molecular weight is 828 g/mol. The van der Waals surface area contributed by atoms with Gasteiger partial charge in [0.05, 0.1) is 5.58 Å². The number of hydrogen-bond donors (Lipinski definition) is 0. The number of rotatable bonds is 5. The van der Waals surface area contributed by atoms with Gasteiger partial charge in [-0.3, -0.25) is 0 Å². The molecule has 5 heteroatoms. The fourth-order valence-corrected chi connectivity index (χ4v) is 6.49. The molecule has 0 saturated heterocycles. The van der Waals surface area contributed by atoms with Crippen LogP contribution in [-0.2, 0) is 26.5 Å². The van der Waals surface area contributed by atoms with Gasteiger partial charge in [-0.05, 0) is 91.5 Å². The first-order valence-electron chi connectivity index (χ1n) is 16.6. The Labute approximate surface area is 307 Å². The van der Waals surface area contributed by atoms with E-state index in [1.54, 1.807) is 0 Å². The van der Waals surface area contributed by atoms with Crippen LogP contribution in [0.15, 0.2) is 126 Å². The Balaban J connectivity index is 0.000000260. The number of pyridine rings is 3. The molecule has 0 amide bonds. The molecule has 8 rings (SSSR count). The molecule has 0 fully saturated rings. The van der Waals surface area contributed by atoms with Gasteiger partial charge in [0.2, 0.25) is 5.71 Å². The fraction of sp³-hybridized carbons (Fsp3) is 0.133. The third kappa shape index (κ3) is 7.35. The van der Waals surface area contributed by atoms with E-state index in [4.69, 9.17) is 14.4 Å². The zero-order chi connectivity index (χ0) is 33.9. The molecule has 4 aromatic carbocycles. The minimum absolute atomic E-state index is 0. The van der Waals surface area contributed by atoms with Gasteiger partial charge >= 0.3 is 0 Å². The number of aromatic nitrogens is 3. The van der Waals surface area contributed by atoms with Gasteiger partial charge in [-0.1, -0.05) is 77.2 Å². The van der Waals surface area contributed by atoms with Gasteiger partial charge in [-0.2, -0.15) is 0 Å². The SMILES string of the molecule is Cc1cc(C)c(-c2cnc(-c3[c-]ccc4c3oc3nc(Cc5ccccc5)ccc34)cc2C)c(C)c1.Cc1ccc(-c2[c-]cccc2)nc1.[Ir]. The zero-order valence-electron chi connectivity index (χ0n) is 28.8. The second-order valence-electron chi connectivity index (χ2n) is 12.7. The zero-order valence-corrected chi connectivity index (χ0v) is 31.2. The molecule has 0 aliphatic heterocycles. The third-order valence-corrected chi connectivity index (χ3v) is 8.79. The molecule has 50 heavy (non-hydrogen) atoms. The molecule has 249 valence electrons. The Morgan fingerprint density at radius 3 is 2.08 bits per heavy atom. The van der Waals surface area contributed by atoms with Crippen LogP contribution in [0.4, 0.5) is 0 Å². The molecule has 0 N–H and O–H groups in total. The molecule has 0 aliphatic rings. The Morgan fingerprint density at radius 1 is 0.620 bits per heavy atom. The summed E-state index contributed by atoms with van der Waals surface area (Å²) in [6.45, 7) is 10.7. The Bertz CT molecular complexity index is 2380.